The van der Waals surface area contributed by atoms with Gasteiger partial charge in [0.25, 0.3) is 0 Å². The third-order valence-corrected chi connectivity index (χ3v) is 7.25. The zero-order valence-corrected chi connectivity index (χ0v) is 18.2. The van der Waals surface area contributed by atoms with Gasteiger partial charge < -0.3 is 0 Å². The Labute approximate surface area is 181 Å². The molecule has 0 aliphatic heterocycles. The van der Waals surface area contributed by atoms with Crippen molar-refractivity contribution in [2.75, 3.05) is 0 Å². The first-order valence-corrected chi connectivity index (χ1v) is 11.0. The lowest BCUT2D eigenvalue weighted by molar-refractivity contribution is -0.633. The minimum atomic E-state index is -1.55. The van der Waals surface area contributed by atoms with Crippen LogP contribution >= 0.6 is 0 Å². The van der Waals surface area contributed by atoms with Gasteiger partial charge in [0.1, 0.15) is 7.05 Å². The summed E-state index contributed by atoms with van der Waals surface area (Å²) in [5.74, 6) is 0. The molecule has 1 spiro atoms. The second-order valence-corrected chi connectivity index (χ2v) is 9.27. The fourth-order valence-electron chi connectivity index (χ4n) is 5.46. The molecular formula is C28H34N+. The number of fused-ring (bicyclic) bond motifs is 3. The van der Waals surface area contributed by atoms with E-state index < -0.39 is 18.2 Å². The van der Waals surface area contributed by atoms with Gasteiger partial charge in [0.15, 0.2) is 0 Å². The molecule has 2 aliphatic carbocycles. The molecular weight excluding hydrogens is 350 g/mol. The summed E-state index contributed by atoms with van der Waals surface area (Å²) in [6.45, 7) is 6.41. The average molecular weight is 389 g/mol. The van der Waals surface area contributed by atoms with Crippen molar-refractivity contribution in [3.8, 4) is 11.3 Å². The first kappa shape index (κ1) is 14.8. The van der Waals surface area contributed by atoms with E-state index in [2.05, 4.69) is 43.5 Å². The van der Waals surface area contributed by atoms with Crippen molar-refractivity contribution in [1.29, 1.82) is 0 Å². The van der Waals surface area contributed by atoms with Gasteiger partial charge in [0.05, 0.1) is 0 Å². The smallest absolute Gasteiger partial charge is 0.194 e. The maximum absolute atomic E-state index is 9.20. The van der Waals surface area contributed by atoms with Crippen LogP contribution in [0.25, 0.3) is 22.2 Å². The second-order valence-electron chi connectivity index (χ2n) is 9.27. The molecule has 0 unspecified atom stereocenters. The lowest BCUT2D eigenvalue weighted by Gasteiger charge is -2.41. The zero-order valence-electron chi connectivity index (χ0n) is 22.2. The number of hydrogen-bond acceptors (Lipinski definition) is 0. The summed E-state index contributed by atoms with van der Waals surface area (Å²) in [4.78, 5) is 0. The van der Waals surface area contributed by atoms with Gasteiger partial charge in [-0.15, -0.1) is 0 Å². The molecule has 1 heterocycles. The van der Waals surface area contributed by atoms with E-state index in [4.69, 9.17) is 2.74 Å². The Bertz CT molecular complexity index is 1270. The number of benzene rings is 2. The summed E-state index contributed by atoms with van der Waals surface area (Å²) in [6, 6.07) is 12.4. The molecule has 0 atom stereocenters. The molecule has 0 N–H and O–H groups in total. The molecule has 0 amide bonds. The topological polar surface area (TPSA) is 3.88 Å². The predicted molar refractivity (Wildman–Crippen MR) is 122 cm³/mol. The Morgan fingerprint density at radius 1 is 0.931 bits per heavy atom. The van der Waals surface area contributed by atoms with Crippen LogP contribution in [0.3, 0.4) is 0 Å². The van der Waals surface area contributed by atoms with Crippen LogP contribution in [-0.4, -0.2) is 0 Å². The minimum absolute atomic E-state index is 0.265. The van der Waals surface area contributed by atoms with Gasteiger partial charge in [-0.25, -0.2) is 0 Å². The van der Waals surface area contributed by atoms with Crippen LogP contribution in [0.4, 0.5) is 0 Å². The van der Waals surface area contributed by atoms with Crippen LogP contribution in [0.15, 0.2) is 36.4 Å². The third kappa shape index (κ3) is 3.10. The summed E-state index contributed by atoms with van der Waals surface area (Å²) < 4.78 is 38.7. The van der Waals surface area contributed by atoms with Crippen LogP contribution in [0.1, 0.15) is 71.8 Å². The number of nitrogens with zero attached hydrogens (tertiary/aromatic N) is 1. The highest BCUT2D eigenvalue weighted by atomic mass is 14.9. The van der Waals surface area contributed by atoms with Crippen molar-refractivity contribution in [2.24, 2.45) is 12.5 Å². The van der Waals surface area contributed by atoms with Crippen LogP contribution in [0.5, 0.6) is 0 Å². The number of hydrogen-bond donors (Lipinski definition) is 0. The van der Waals surface area contributed by atoms with Crippen molar-refractivity contribution in [1.82, 2.24) is 0 Å². The van der Waals surface area contributed by atoms with Gasteiger partial charge in [0.2, 0.25) is 11.2 Å². The van der Waals surface area contributed by atoms with Gasteiger partial charge in [-0.05, 0) is 92.6 Å². The Balaban J connectivity index is 1.75. The van der Waals surface area contributed by atoms with E-state index in [1.165, 1.54) is 22.3 Å². The van der Waals surface area contributed by atoms with Gasteiger partial charge in [0, 0.05) is 28.6 Å². The first-order chi connectivity index (χ1) is 15.5. The minimum Gasteiger partial charge on any atom is -0.194 e. The van der Waals surface area contributed by atoms with Crippen LogP contribution in [-0.2, 0) is 19.8 Å². The van der Waals surface area contributed by atoms with Gasteiger partial charge in [-0.3, -0.25) is 0 Å². The molecule has 1 heteroatoms. The largest absolute Gasteiger partial charge is 0.213 e. The number of rotatable bonds is 1. The monoisotopic (exact) mass is 388 g/mol. The predicted octanol–water partition coefficient (Wildman–Crippen LogP) is 6.70. The molecule has 1 saturated carbocycles. The Morgan fingerprint density at radius 2 is 1.72 bits per heavy atom. The molecule has 1 nitrogen and oxygen atoms in total. The molecule has 5 rings (SSSR count). The molecule has 2 aromatic carbocycles. The van der Waals surface area contributed by atoms with E-state index in [0.29, 0.717) is 11.1 Å². The third-order valence-electron chi connectivity index (χ3n) is 7.25. The van der Waals surface area contributed by atoms with E-state index in [1.54, 1.807) is 0 Å². The van der Waals surface area contributed by atoms with Crippen molar-refractivity contribution >= 4 is 10.9 Å². The summed E-state index contributed by atoms with van der Waals surface area (Å²) in [5, 5.41) is 0.834. The highest BCUT2D eigenvalue weighted by Gasteiger charge is 2.36. The Morgan fingerprint density at radius 3 is 2.52 bits per heavy atom. The lowest BCUT2D eigenvalue weighted by Crippen LogP contribution is -2.34. The molecule has 0 bridgehead atoms. The molecule has 3 aromatic rings. The molecule has 2 aliphatic rings. The lowest BCUT2D eigenvalue weighted by atomic mass is 9.63. The molecule has 1 fully saturated rings. The van der Waals surface area contributed by atoms with E-state index >= 15 is 0 Å². The molecule has 0 radical (unpaired) electrons. The van der Waals surface area contributed by atoms with E-state index in [9.17, 15) is 2.74 Å². The van der Waals surface area contributed by atoms with Crippen LogP contribution < -0.4 is 4.57 Å². The summed E-state index contributed by atoms with van der Waals surface area (Å²) in [7, 11) is 2.04. The average Bonchev–Trinajstić information content (AvgIpc) is 2.75. The van der Waals surface area contributed by atoms with Crippen molar-refractivity contribution < 1.29 is 10.1 Å². The van der Waals surface area contributed by atoms with E-state index in [1.807, 2.05) is 25.2 Å². The van der Waals surface area contributed by atoms with Crippen molar-refractivity contribution in [2.45, 2.75) is 72.0 Å². The maximum Gasteiger partial charge on any atom is 0.213 e. The molecule has 150 valence electrons. The van der Waals surface area contributed by atoms with Crippen molar-refractivity contribution in [3.05, 3.63) is 64.2 Å². The number of aromatic nitrogens is 1. The zero-order chi connectivity index (χ0) is 23.8. The first-order valence-electron chi connectivity index (χ1n) is 13.0. The number of pyridine rings is 1. The van der Waals surface area contributed by atoms with Gasteiger partial charge >= 0.3 is 0 Å². The fraction of sp³-hybridized carbons (Fsp3) is 0.464. The molecule has 29 heavy (non-hydrogen) atoms. The van der Waals surface area contributed by atoms with Crippen LogP contribution in [0.2, 0.25) is 0 Å². The second kappa shape index (κ2) is 6.97. The Hall–Kier alpha value is -2.15. The summed E-state index contributed by atoms with van der Waals surface area (Å²) in [5.41, 5.74) is 7.48. The number of aryl methyl sites for hydroxylation is 4. The summed E-state index contributed by atoms with van der Waals surface area (Å²) >= 11 is 0. The van der Waals surface area contributed by atoms with Gasteiger partial charge in [-0.2, -0.15) is 4.57 Å². The molecule has 1 aromatic heterocycles. The standard InChI is InChI=1S/C28H34N/c1-19-16-20(2)21(3)25(17-19)27-11-9-24-23-12-15-28(13-6-5-7-14-28)18-22(23)8-10-26(24)29(27)4/h8-11,16-17H,5-7,12-15,18H2,1-4H3/q+1/i12D2,18D2. The fourth-order valence-corrected chi connectivity index (χ4v) is 5.46. The quantitative estimate of drug-likeness (QED) is 0.409. The van der Waals surface area contributed by atoms with Gasteiger partial charge in [-0.1, -0.05) is 37.0 Å². The SMILES string of the molecule is [2H]C1([2H])CC2(CCCCC2)C([2H])([2H])c2ccc3c(ccc(-c4cc(C)cc(C)c4C)[n+]3C)c21. The maximum atomic E-state index is 9.20. The molecule has 0 saturated heterocycles. The highest BCUT2D eigenvalue weighted by Crippen LogP contribution is 2.47. The van der Waals surface area contributed by atoms with Crippen LogP contribution in [0, 0.1) is 26.2 Å². The highest BCUT2D eigenvalue weighted by molar-refractivity contribution is 5.83. The van der Waals surface area contributed by atoms with E-state index in [0.717, 1.165) is 48.7 Å². The van der Waals surface area contributed by atoms with E-state index in [-0.39, 0.29) is 6.42 Å². The Kier molecular flexibility index (Phi) is 3.55. The summed E-state index contributed by atoms with van der Waals surface area (Å²) in [6.07, 6.45) is 1.85. The normalized spacial score (nSPS) is 23.7. The van der Waals surface area contributed by atoms with Crippen molar-refractivity contribution in [3.63, 3.8) is 0 Å².